The second-order valence-electron chi connectivity index (χ2n) is 7.55. The largest absolute Gasteiger partial charge is 0.346 e. The summed E-state index contributed by atoms with van der Waals surface area (Å²) in [6.07, 6.45) is 10.9. The van der Waals surface area contributed by atoms with Gasteiger partial charge in [-0.2, -0.15) is 5.10 Å². The van der Waals surface area contributed by atoms with Gasteiger partial charge in [0.25, 0.3) is 5.91 Å². The number of amides is 1. The van der Waals surface area contributed by atoms with E-state index in [1.54, 1.807) is 23.4 Å². The van der Waals surface area contributed by atoms with Crippen molar-refractivity contribution in [2.24, 2.45) is 0 Å². The number of imidazole rings is 2. The Morgan fingerprint density at radius 3 is 2.87 bits per heavy atom. The van der Waals surface area contributed by atoms with E-state index in [1.165, 1.54) is 0 Å². The molecule has 0 unspecified atom stereocenters. The van der Waals surface area contributed by atoms with Crippen molar-refractivity contribution >= 4 is 28.7 Å². The highest BCUT2D eigenvalue weighted by Gasteiger charge is 2.13. The second kappa shape index (κ2) is 7.55. The molecule has 0 fully saturated rings. The molecular weight excluding hydrogens is 414 g/mol. The van der Waals surface area contributed by atoms with E-state index in [4.69, 9.17) is 11.6 Å². The molecule has 0 saturated carbocycles. The third-order valence-electron chi connectivity index (χ3n) is 5.25. The SMILES string of the molecule is Cc1ccc2nc(Cn3cc(C(=O)NCc4ncn5ccc(Cl)c(C)c45)cn3)cn2c1. The van der Waals surface area contributed by atoms with Crippen LogP contribution in [0.5, 0.6) is 0 Å². The number of fused-ring (bicyclic) bond motifs is 2. The molecule has 0 bridgehead atoms. The number of aromatic nitrogens is 6. The molecule has 5 aromatic rings. The van der Waals surface area contributed by atoms with Crippen LogP contribution in [0.25, 0.3) is 11.2 Å². The molecule has 0 spiro atoms. The molecule has 0 aromatic carbocycles. The molecule has 5 heterocycles. The van der Waals surface area contributed by atoms with Crippen LogP contribution >= 0.6 is 11.6 Å². The molecule has 1 amide bonds. The molecule has 0 saturated heterocycles. The van der Waals surface area contributed by atoms with Gasteiger partial charge in [-0.3, -0.25) is 9.48 Å². The first-order valence-corrected chi connectivity index (χ1v) is 10.2. The Morgan fingerprint density at radius 2 is 2.00 bits per heavy atom. The first-order valence-electron chi connectivity index (χ1n) is 9.83. The van der Waals surface area contributed by atoms with Crippen LogP contribution in [0.2, 0.25) is 5.02 Å². The van der Waals surface area contributed by atoms with E-state index >= 15 is 0 Å². The van der Waals surface area contributed by atoms with Crippen LogP contribution in [0.15, 0.2) is 55.5 Å². The molecule has 0 aliphatic rings. The Bertz CT molecular complexity index is 1430. The highest BCUT2D eigenvalue weighted by atomic mass is 35.5. The highest BCUT2D eigenvalue weighted by Crippen LogP contribution is 2.22. The van der Waals surface area contributed by atoms with Gasteiger partial charge < -0.3 is 14.1 Å². The molecule has 156 valence electrons. The van der Waals surface area contributed by atoms with Gasteiger partial charge in [0.1, 0.15) is 5.65 Å². The van der Waals surface area contributed by atoms with Gasteiger partial charge in [-0.25, -0.2) is 9.97 Å². The highest BCUT2D eigenvalue weighted by molar-refractivity contribution is 6.31. The lowest BCUT2D eigenvalue weighted by molar-refractivity contribution is 0.0950. The fraction of sp³-hybridized carbons (Fsp3) is 0.182. The van der Waals surface area contributed by atoms with E-state index in [9.17, 15) is 4.79 Å². The van der Waals surface area contributed by atoms with E-state index in [0.717, 1.165) is 33.7 Å². The number of pyridine rings is 2. The Kier molecular flexibility index (Phi) is 4.71. The summed E-state index contributed by atoms with van der Waals surface area (Å²) in [4.78, 5) is 21.6. The predicted molar refractivity (Wildman–Crippen MR) is 117 cm³/mol. The number of halogens is 1. The minimum Gasteiger partial charge on any atom is -0.346 e. The van der Waals surface area contributed by atoms with Crippen LogP contribution in [0, 0.1) is 13.8 Å². The maximum absolute atomic E-state index is 12.6. The third-order valence-corrected chi connectivity index (χ3v) is 5.66. The van der Waals surface area contributed by atoms with Crippen molar-refractivity contribution in [3.8, 4) is 0 Å². The van der Waals surface area contributed by atoms with Crippen LogP contribution in [-0.2, 0) is 13.1 Å². The summed E-state index contributed by atoms with van der Waals surface area (Å²) in [5.41, 5.74) is 6.01. The summed E-state index contributed by atoms with van der Waals surface area (Å²) in [5.74, 6) is -0.210. The molecule has 1 N–H and O–H groups in total. The fourth-order valence-electron chi connectivity index (χ4n) is 3.67. The minimum absolute atomic E-state index is 0.210. The average Bonchev–Trinajstić information content (AvgIpc) is 3.47. The van der Waals surface area contributed by atoms with E-state index < -0.39 is 0 Å². The Morgan fingerprint density at radius 1 is 1.13 bits per heavy atom. The maximum Gasteiger partial charge on any atom is 0.254 e. The molecule has 31 heavy (non-hydrogen) atoms. The average molecular weight is 434 g/mol. The van der Waals surface area contributed by atoms with Gasteiger partial charge >= 0.3 is 0 Å². The van der Waals surface area contributed by atoms with Crippen molar-refractivity contribution in [1.29, 1.82) is 0 Å². The molecule has 0 aliphatic carbocycles. The predicted octanol–water partition coefficient (Wildman–Crippen LogP) is 3.43. The summed E-state index contributed by atoms with van der Waals surface area (Å²) < 4.78 is 5.60. The zero-order valence-corrected chi connectivity index (χ0v) is 17.8. The van der Waals surface area contributed by atoms with Gasteiger partial charge in [0.05, 0.1) is 48.1 Å². The maximum atomic E-state index is 12.6. The monoisotopic (exact) mass is 433 g/mol. The van der Waals surface area contributed by atoms with Gasteiger partial charge in [-0.05, 0) is 37.1 Å². The number of hydrogen-bond donors (Lipinski definition) is 1. The standard InChI is InChI=1S/C22H20ClN7O/c1-14-3-4-20-27-17(11-29(20)9-14)12-30-10-16(7-26-30)22(31)24-8-19-21-15(2)18(23)5-6-28(21)13-25-19/h3-7,9-11,13H,8,12H2,1-2H3,(H,24,31). The van der Waals surface area contributed by atoms with Crippen molar-refractivity contribution < 1.29 is 4.79 Å². The summed E-state index contributed by atoms with van der Waals surface area (Å²) in [5, 5.41) is 7.89. The third kappa shape index (κ3) is 3.66. The molecule has 9 heteroatoms. The number of carbonyl (C=O) groups excluding carboxylic acids is 1. The van der Waals surface area contributed by atoms with Gasteiger partial charge in [0.15, 0.2) is 0 Å². The number of aryl methyl sites for hydroxylation is 2. The molecule has 5 aromatic heterocycles. The first-order chi connectivity index (χ1) is 15.0. The number of nitrogens with zero attached hydrogens (tertiary/aromatic N) is 6. The number of carbonyl (C=O) groups is 1. The molecule has 0 radical (unpaired) electrons. The molecule has 5 rings (SSSR count). The van der Waals surface area contributed by atoms with Gasteiger partial charge in [0.2, 0.25) is 0 Å². The van der Waals surface area contributed by atoms with Crippen LogP contribution in [0.3, 0.4) is 0 Å². The lowest BCUT2D eigenvalue weighted by atomic mass is 10.2. The van der Waals surface area contributed by atoms with Crippen LogP contribution in [-0.4, -0.2) is 34.5 Å². The van der Waals surface area contributed by atoms with Crippen LogP contribution in [0.4, 0.5) is 0 Å². The lowest BCUT2D eigenvalue weighted by Gasteiger charge is -2.05. The molecule has 0 aliphatic heterocycles. The topological polar surface area (TPSA) is 81.5 Å². The minimum atomic E-state index is -0.210. The number of rotatable bonds is 5. The van der Waals surface area contributed by atoms with Gasteiger partial charge in [0, 0.05) is 29.8 Å². The van der Waals surface area contributed by atoms with Crippen molar-refractivity contribution in [3.05, 3.63) is 88.6 Å². The van der Waals surface area contributed by atoms with E-state index in [0.29, 0.717) is 23.7 Å². The quantitative estimate of drug-likeness (QED) is 0.460. The number of hydrogen-bond acceptors (Lipinski definition) is 4. The van der Waals surface area contributed by atoms with E-state index in [1.807, 2.05) is 59.4 Å². The van der Waals surface area contributed by atoms with Gasteiger partial charge in [-0.1, -0.05) is 17.7 Å². The van der Waals surface area contributed by atoms with Crippen molar-refractivity contribution in [3.63, 3.8) is 0 Å². The lowest BCUT2D eigenvalue weighted by Crippen LogP contribution is -2.22. The second-order valence-corrected chi connectivity index (χ2v) is 7.96. The van der Waals surface area contributed by atoms with Crippen molar-refractivity contribution in [2.75, 3.05) is 0 Å². The van der Waals surface area contributed by atoms with Gasteiger partial charge in [-0.15, -0.1) is 0 Å². The van der Waals surface area contributed by atoms with Crippen LogP contribution < -0.4 is 5.32 Å². The molecule has 8 nitrogen and oxygen atoms in total. The normalized spacial score (nSPS) is 11.5. The van der Waals surface area contributed by atoms with Crippen molar-refractivity contribution in [2.45, 2.75) is 26.9 Å². The van der Waals surface area contributed by atoms with E-state index in [-0.39, 0.29) is 5.91 Å². The summed E-state index contributed by atoms with van der Waals surface area (Å²) >= 11 is 6.23. The zero-order valence-electron chi connectivity index (χ0n) is 17.1. The Hall–Kier alpha value is -3.65. The Labute approximate surface area is 183 Å². The van der Waals surface area contributed by atoms with E-state index in [2.05, 4.69) is 20.4 Å². The first kappa shape index (κ1) is 19.3. The summed E-state index contributed by atoms with van der Waals surface area (Å²) in [7, 11) is 0. The van der Waals surface area contributed by atoms with Crippen LogP contribution in [0.1, 0.15) is 32.9 Å². The molecular formula is C22H20ClN7O. The van der Waals surface area contributed by atoms with Crippen molar-refractivity contribution in [1.82, 2.24) is 33.9 Å². The Balaban J connectivity index is 1.28. The summed E-state index contributed by atoms with van der Waals surface area (Å²) in [6, 6.07) is 5.84. The fourth-order valence-corrected chi connectivity index (χ4v) is 3.81. The smallest absolute Gasteiger partial charge is 0.254 e. The zero-order chi connectivity index (χ0) is 21.5. The number of nitrogens with one attached hydrogen (secondary N) is 1. The summed E-state index contributed by atoms with van der Waals surface area (Å²) in [6.45, 7) is 4.76. The molecule has 0 atom stereocenters.